The molecule has 0 aliphatic rings. The van der Waals surface area contributed by atoms with Crippen LogP contribution < -0.4 is 16.2 Å². The predicted molar refractivity (Wildman–Crippen MR) is 81.8 cm³/mol. The van der Waals surface area contributed by atoms with Gasteiger partial charge in [-0.25, -0.2) is 0 Å². The van der Waals surface area contributed by atoms with Crippen molar-refractivity contribution >= 4 is 28.6 Å². The highest BCUT2D eigenvalue weighted by atomic mass is 16.2. The molecule has 3 N–H and O–H groups in total. The summed E-state index contributed by atoms with van der Waals surface area (Å²) in [7, 11) is 1.84. The van der Waals surface area contributed by atoms with Gasteiger partial charge in [-0.05, 0) is 13.0 Å². The Morgan fingerprint density at radius 2 is 1.82 bits per heavy atom. The molecular formula is C15H18N4O3. The number of aromatic nitrogens is 1. The van der Waals surface area contributed by atoms with E-state index >= 15 is 0 Å². The summed E-state index contributed by atoms with van der Waals surface area (Å²) in [6, 6.07) is 6.75. The summed E-state index contributed by atoms with van der Waals surface area (Å²) >= 11 is 0. The van der Waals surface area contributed by atoms with Gasteiger partial charge < -0.3 is 9.88 Å². The van der Waals surface area contributed by atoms with Crippen molar-refractivity contribution in [2.45, 2.75) is 19.9 Å². The highest BCUT2D eigenvalue weighted by molar-refractivity contribution is 6.07. The van der Waals surface area contributed by atoms with Crippen LogP contribution in [0.4, 0.5) is 0 Å². The molecule has 0 bridgehead atoms. The third kappa shape index (κ3) is 3.25. The number of hydrazine groups is 1. The summed E-state index contributed by atoms with van der Waals surface area (Å²) < 4.78 is 1.84. The van der Waals surface area contributed by atoms with Gasteiger partial charge in [-0.3, -0.25) is 25.2 Å². The SMILES string of the molecule is CC(=O)N[C@H](C)C(=O)NNC(=O)c1cn(C)c2ccccc12. The molecule has 0 aliphatic heterocycles. The third-order valence-electron chi connectivity index (χ3n) is 3.25. The molecule has 0 aliphatic carbocycles. The van der Waals surface area contributed by atoms with Gasteiger partial charge in [0.1, 0.15) is 6.04 Å². The van der Waals surface area contributed by atoms with Crippen molar-refractivity contribution in [1.82, 2.24) is 20.7 Å². The van der Waals surface area contributed by atoms with Gasteiger partial charge in [0.05, 0.1) is 5.56 Å². The van der Waals surface area contributed by atoms with Gasteiger partial charge in [-0.1, -0.05) is 18.2 Å². The van der Waals surface area contributed by atoms with Gasteiger partial charge in [0.25, 0.3) is 11.8 Å². The molecule has 2 rings (SSSR count). The number of hydrogen-bond acceptors (Lipinski definition) is 3. The summed E-state index contributed by atoms with van der Waals surface area (Å²) in [6.07, 6.45) is 1.70. The lowest BCUT2D eigenvalue weighted by Gasteiger charge is -2.13. The van der Waals surface area contributed by atoms with E-state index in [0.717, 1.165) is 10.9 Å². The first-order valence-electron chi connectivity index (χ1n) is 6.81. The molecule has 0 saturated heterocycles. The first kappa shape index (κ1) is 15.6. The molecule has 1 heterocycles. The van der Waals surface area contributed by atoms with Crippen molar-refractivity contribution in [3.05, 3.63) is 36.0 Å². The molecule has 1 aromatic heterocycles. The Labute approximate surface area is 127 Å². The van der Waals surface area contributed by atoms with E-state index in [1.54, 1.807) is 6.20 Å². The molecule has 0 radical (unpaired) electrons. The van der Waals surface area contributed by atoms with E-state index in [1.165, 1.54) is 13.8 Å². The molecule has 116 valence electrons. The Balaban J connectivity index is 2.06. The molecule has 0 fully saturated rings. The van der Waals surface area contributed by atoms with E-state index in [9.17, 15) is 14.4 Å². The number of para-hydroxylation sites is 1. The Bertz CT molecular complexity index is 735. The second-order valence-electron chi connectivity index (χ2n) is 5.04. The second-order valence-corrected chi connectivity index (χ2v) is 5.04. The van der Waals surface area contributed by atoms with E-state index < -0.39 is 17.9 Å². The smallest absolute Gasteiger partial charge is 0.271 e. The number of aryl methyl sites for hydroxylation is 1. The molecule has 22 heavy (non-hydrogen) atoms. The Morgan fingerprint density at radius 3 is 2.50 bits per heavy atom. The van der Waals surface area contributed by atoms with Gasteiger partial charge in [0.2, 0.25) is 5.91 Å². The van der Waals surface area contributed by atoms with Crippen molar-refractivity contribution < 1.29 is 14.4 Å². The average Bonchev–Trinajstić information content (AvgIpc) is 2.81. The number of benzene rings is 1. The molecule has 0 saturated carbocycles. The molecular weight excluding hydrogens is 284 g/mol. The largest absolute Gasteiger partial charge is 0.350 e. The number of carbonyl (C=O) groups excluding carboxylic acids is 3. The van der Waals surface area contributed by atoms with Gasteiger partial charge in [-0.2, -0.15) is 0 Å². The zero-order chi connectivity index (χ0) is 16.3. The minimum Gasteiger partial charge on any atom is -0.350 e. The maximum Gasteiger partial charge on any atom is 0.271 e. The highest BCUT2D eigenvalue weighted by Crippen LogP contribution is 2.19. The monoisotopic (exact) mass is 302 g/mol. The summed E-state index contributed by atoms with van der Waals surface area (Å²) in [6.45, 7) is 2.85. The number of nitrogens with zero attached hydrogens (tertiary/aromatic N) is 1. The predicted octanol–water partition coefficient (Wildman–Crippen LogP) is 0.464. The Morgan fingerprint density at radius 1 is 1.14 bits per heavy atom. The first-order chi connectivity index (χ1) is 10.4. The van der Waals surface area contributed by atoms with Crippen LogP contribution in [-0.4, -0.2) is 28.3 Å². The van der Waals surface area contributed by atoms with Crippen LogP contribution in [0.5, 0.6) is 0 Å². The van der Waals surface area contributed by atoms with Crippen molar-refractivity contribution in [3.8, 4) is 0 Å². The van der Waals surface area contributed by atoms with Crippen LogP contribution >= 0.6 is 0 Å². The van der Waals surface area contributed by atoms with E-state index in [-0.39, 0.29) is 5.91 Å². The molecule has 3 amide bonds. The standard InChI is InChI=1S/C15H18N4O3/c1-9(16-10(2)20)14(21)17-18-15(22)12-8-19(3)13-7-5-4-6-11(12)13/h4-9H,1-3H3,(H,16,20)(H,17,21)(H,18,22)/t9-/m1/s1. The quantitative estimate of drug-likeness (QED) is 0.719. The Hall–Kier alpha value is -2.83. The summed E-state index contributed by atoms with van der Waals surface area (Å²) in [5.41, 5.74) is 6.04. The third-order valence-corrected chi connectivity index (χ3v) is 3.25. The average molecular weight is 302 g/mol. The van der Waals surface area contributed by atoms with E-state index in [4.69, 9.17) is 0 Å². The zero-order valence-electron chi connectivity index (χ0n) is 12.6. The fourth-order valence-electron chi connectivity index (χ4n) is 2.19. The number of carbonyl (C=O) groups is 3. The number of hydrogen-bond donors (Lipinski definition) is 3. The lowest BCUT2D eigenvalue weighted by molar-refractivity contribution is -0.128. The van der Waals surface area contributed by atoms with Crippen molar-refractivity contribution in [2.75, 3.05) is 0 Å². The van der Waals surface area contributed by atoms with Crippen LogP contribution in [0, 0.1) is 0 Å². The second kappa shape index (κ2) is 6.30. The van der Waals surface area contributed by atoms with E-state index in [0.29, 0.717) is 5.56 Å². The minimum atomic E-state index is -0.731. The summed E-state index contributed by atoms with van der Waals surface area (Å²) in [5, 5.41) is 3.23. The van der Waals surface area contributed by atoms with Gasteiger partial charge in [-0.15, -0.1) is 0 Å². The van der Waals surface area contributed by atoms with Crippen molar-refractivity contribution in [3.63, 3.8) is 0 Å². The highest BCUT2D eigenvalue weighted by Gasteiger charge is 2.17. The van der Waals surface area contributed by atoms with Crippen LogP contribution in [0.15, 0.2) is 30.5 Å². The molecule has 7 nitrogen and oxygen atoms in total. The van der Waals surface area contributed by atoms with Crippen LogP contribution in [0.3, 0.4) is 0 Å². The lowest BCUT2D eigenvalue weighted by atomic mass is 10.2. The fourth-order valence-corrected chi connectivity index (χ4v) is 2.19. The molecule has 1 aromatic carbocycles. The van der Waals surface area contributed by atoms with Gasteiger partial charge in [0, 0.05) is 31.1 Å². The molecule has 7 heteroatoms. The molecule has 0 unspecified atom stereocenters. The topological polar surface area (TPSA) is 92.2 Å². The van der Waals surface area contributed by atoms with Crippen LogP contribution in [0.25, 0.3) is 10.9 Å². The Kier molecular flexibility index (Phi) is 4.45. The molecule has 1 atom stereocenters. The maximum atomic E-state index is 12.2. The minimum absolute atomic E-state index is 0.317. The van der Waals surface area contributed by atoms with Crippen molar-refractivity contribution in [1.29, 1.82) is 0 Å². The number of nitrogens with one attached hydrogen (secondary N) is 3. The fraction of sp³-hybridized carbons (Fsp3) is 0.267. The molecule has 2 aromatic rings. The first-order valence-corrected chi connectivity index (χ1v) is 6.81. The van der Waals surface area contributed by atoms with Crippen LogP contribution in [0.2, 0.25) is 0 Å². The normalized spacial score (nSPS) is 11.8. The summed E-state index contributed by atoms with van der Waals surface area (Å²) in [4.78, 5) is 34.8. The summed E-state index contributed by atoms with van der Waals surface area (Å²) in [5.74, 6) is -1.23. The van der Waals surface area contributed by atoms with E-state index in [1.807, 2.05) is 35.9 Å². The van der Waals surface area contributed by atoms with E-state index in [2.05, 4.69) is 16.2 Å². The number of fused-ring (bicyclic) bond motifs is 1. The zero-order valence-corrected chi connectivity index (χ0v) is 12.6. The lowest BCUT2D eigenvalue weighted by Crippen LogP contribution is -2.50. The van der Waals surface area contributed by atoms with Gasteiger partial charge in [0.15, 0.2) is 0 Å². The van der Waals surface area contributed by atoms with Crippen molar-refractivity contribution in [2.24, 2.45) is 7.05 Å². The van der Waals surface area contributed by atoms with Crippen LogP contribution in [-0.2, 0) is 16.6 Å². The molecule has 0 spiro atoms. The maximum absolute atomic E-state index is 12.2. The van der Waals surface area contributed by atoms with Crippen LogP contribution in [0.1, 0.15) is 24.2 Å². The number of rotatable bonds is 3. The number of amides is 3. The van der Waals surface area contributed by atoms with Gasteiger partial charge >= 0.3 is 0 Å².